The van der Waals surface area contributed by atoms with E-state index in [2.05, 4.69) is 10.2 Å². The van der Waals surface area contributed by atoms with Gasteiger partial charge in [0.2, 0.25) is 0 Å². The van der Waals surface area contributed by atoms with Gasteiger partial charge in [0.1, 0.15) is 16.1 Å². The zero-order chi connectivity index (χ0) is 19.0. The lowest BCUT2D eigenvalue weighted by atomic mass is 10.3. The fourth-order valence-electron chi connectivity index (χ4n) is 1.85. The van der Waals surface area contributed by atoms with E-state index >= 15 is 0 Å². The number of carbonyl (C=O) groups is 1. The Morgan fingerprint density at radius 3 is 2.56 bits per heavy atom. The zero-order valence-corrected chi connectivity index (χ0v) is 14.5. The molecular formula is C12H13ClF3N5O3S. The van der Waals surface area contributed by atoms with Crippen LogP contribution in [-0.4, -0.2) is 33.9 Å². The number of sulfonamides is 1. The maximum atomic E-state index is 12.5. The molecule has 8 nitrogen and oxygen atoms in total. The summed E-state index contributed by atoms with van der Waals surface area (Å²) in [6.07, 6.45) is -2.76. The first kappa shape index (κ1) is 19.2. The lowest BCUT2D eigenvalue weighted by Crippen LogP contribution is -2.36. The molecule has 2 rings (SSSR count). The van der Waals surface area contributed by atoms with E-state index < -0.39 is 38.7 Å². The molecule has 2 heterocycles. The first-order chi connectivity index (χ1) is 11.5. The van der Waals surface area contributed by atoms with Crippen LogP contribution in [0, 0.1) is 0 Å². The summed E-state index contributed by atoms with van der Waals surface area (Å²) in [6, 6.07) is -0.619. The molecule has 1 unspecified atom stereocenters. The highest BCUT2D eigenvalue weighted by Gasteiger charge is 2.35. The van der Waals surface area contributed by atoms with Crippen LogP contribution in [0.3, 0.4) is 0 Å². The monoisotopic (exact) mass is 399 g/mol. The van der Waals surface area contributed by atoms with Gasteiger partial charge in [-0.1, -0.05) is 11.6 Å². The Bertz CT molecular complexity index is 890. The number of hydrogen-bond donors (Lipinski definition) is 1. The number of nitrogens with one attached hydrogen (secondary N) is 1. The number of nitrogens with zero attached hydrogens (tertiary/aromatic N) is 4. The number of aryl methyl sites for hydroxylation is 1. The quantitative estimate of drug-likeness (QED) is 0.827. The topological polar surface area (TPSA) is 98.9 Å². The third-order valence-electron chi connectivity index (χ3n) is 3.24. The molecule has 0 aromatic carbocycles. The molecule has 0 fully saturated rings. The summed E-state index contributed by atoms with van der Waals surface area (Å²) in [6.45, 7) is 3.20. The third kappa shape index (κ3) is 3.95. The summed E-state index contributed by atoms with van der Waals surface area (Å²) < 4.78 is 65.7. The highest BCUT2D eigenvalue weighted by atomic mass is 35.5. The van der Waals surface area contributed by atoms with E-state index in [9.17, 15) is 26.4 Å². The molecule has 2 aromatic heterocycles. The molecule has 0 bridgehead atoms. The lowest BCUT2D eigenvalue weighted by molar-refractivity contribution is -0.142. The second-order valence-electron chi connectivity index (χ2n) is 4.94. The van der Waals surface area contributed by atoms with Crippen LogP contribution in [0.5, 0.6) is 0 Å². The van der Waals surface area contributed by atoms with Crippen molar-refractivity contribution in [3.63, 3.8) is 0 Å². The summed E-state index contributed by atoms with van der Waals surface area (Å²) in [7, 11) is -4.33. The Labute approximate surface area is 145 Å². The normalized spacial score (nSPS) is 13.7. The van der Waals surface area contributed by atoms with E-state index in [-0.39, 0.29) is 5.15 Å². The molecule has 1 amide bonds. The molecule has 0 saturated carbocycles. The standard InChI is InChI=1S/C12H13ClF3N5O3S/c1-3-20-10(13)8(6-17-20)25(23,24)19-11(22)7(2)21-5-4-9(18-21)12(14,15)16/h4-7H,3H2,1-2H3,(H,19,22). The first-order valence-corrected chi connectivity index (χ1v) is 8.73. The van der Waals surface area contributed by atoms with Crippen LogP contribution in [0.25, 0.3) is 0 Å². The van der Waals surface area contributed by atoms with Gasteiger partial charge in [-0.2, -0.15) is 23.4 Å². The number of aromatic nitrogens is 4. The molecule has 0 aliphatic heterocycles. The number of rotatable bonds is 5. The highest BCUT2D eigenvalue weighted by molar-refractivity contribution is 7.90. The van der Waals surface area contributed by atoms with Gasteiger partial charge in [-0.05, 0) is 19.9 Å². The molecule has 2 aromatic rings. The van der Waals surface area contributed by atoms with Crippen molar-refractivity contribution >= 4 is 27.5 Å². The summed E-state index contributed by atoms with van der Waals surface area (Å²) in [5.74, 6) is -1.07. The second-order valence-corrected chi connectivity index (χ2v) is 6.95. The predicted octanol–water partition coefficient (Wildman–Crippen LogP) is 1.84. The van der Waals surface area contributed by atoms with E-state index in [4.69, 9.17) is 11.6 Å². The molecule has 0 aliphatic carbocycles. The SMILES string of the molecule is CCn1ncc(S(=O)(=O)NC(=O)C(C)n2ccc(C(F)(F)F)n2)c1Cl. The van der Waals surface area contributed by atoms with E-state index in [0.29, 0.717) is 17.3 Å². The van der Waals surface area contributed by atoms with Crippen LogP contribution >= 0.6 is 11.6 Å². The third-order valence-corrected chi connectivity index (χ3v) is 5.10. The minimum absolute atomic E-state index is 0.186. The Balaban J connectivity index is 2.20. The summed E-state index contributed by atoms with van der Waals surface area (Å²) in [5.41, 5.74) is -1.19. The van der Waals surface area contributed by atoms with Crippen molar-refractivity contribution < 1.29 is 26.4 Å². The van der Waals surface area contributed by atoms with Gasteiger partial charge in [0.05, 0.1) is 6.20 Å². The van der Waals surface area contributed by atoms with Gasteiger partial charge in [0.15, 0.2) is 5.69 Å². The largest absolute Gasteiger partial charge is 0.435 e. The molecular weight excluding hydrogens is 387 g/mol. The summed E-state index contributed by atoms with van der Waals surface area (Å²) in [5, 5.41) is 6.80. The second kappa shape index (κ2) is 6.67. The Morgan fingerprint density at radius 1 is 1.44 bits per heavy atom. The number of carbonyl (C=O) groups excluding carboxylic acids is 1. The van der Waals surface area contributed by atoms with Gasteiger partial charge in [-0.15, -0.1) is 0 Å². The first-order valence-electron chi connectivity index (χ1n) is 6.87. The van der Waals surface area contributed by atoms with Crippen molar-refractivity contribution in [3.05, 3.63) is 29.3 Å². The molecule has 0 spiro atoms. The number of hydrogen-bond acceptors (Lipinski definition) is 5. The van der Waals surface area contributed by atoms with Crippen molar-refractivity contribution in [1.29, 1.82) is 0 Å². The smallest absolute Gasteiger partial charge is 0.272 e. The number of alkyl halides is 3. The molecule has 13 heteroatoms. The molecule has 1 N–H and O–H groups in total. The van der Waals surface area contributed by atoms with Gasteiger partial charge < -0.3 is 0 Å². The minimum Gasteiger partial charge on any atom is -0.272 e. The number of amides is 1. The van der Waals surface area contributed by atoms with Crippen LogP contribution in [0.4, 0.5) is 13.2 Å². The van der Waals surface area contributed by atoms with Crippen molar-refractivity contribution in [1.82, 2.24) is 24.3 Å². The summed E-state index contributed by atoms with van der Waals surface area (Å²) in [4.78, 5) is 11.7. The highest BCUT2D eigenvalue weighted by Crippen LogP contribution is 2.28. The maximum absolute atomic E-state index is 12.5. The average Bonchev–Trinajstić information content (AvgIpc) is 3.12. The molecule has 138 valence electrons. The molecule has 25 heavy (non-hydrogen) atoms. The van der Waals surface area contributed by atoms with Crippen molar-refractivity contribution in [2.45, 2.75) is 37.5 Å². The fraction of sp³-hybridized carbons (Fsp3) is 0.417. The molecule has 0 aliphatic rings. The molecule has 1 atom stereocenters. The Kier molecular flexibility index (Phi) is 5.14. The van der Waals surface area contributed by atoms with Gasteiger partial charge >= 0.3 is 6.18 Å². The lowest BCUT2D eigenvalue weighted by Gasteiger charge is -2.13. The van der Waals surface area contributed by atoms with E-state index in [1.807, 2.05) is 0 Å². The number of halogens is 4. The Morgan fingerprint density at radius 2 is 2.08 bits per heavy atom. The van der Waals surface area contributed by atoms with E-state index in [1.54, 1.807) is 11.6 Å². The van der Waals surface area contributed by atoms with Gasteiger partial charge in [0.25, 0.3) is 15.9 Å². The van der Waals surface area contributed by atoms with E-state index in [0.717, 1.165) is 12.4 Å². The van der Waals surface area contributed by atoms with Crippen LogP contribution in [0.2, 0.25) is 5.15 Å². The van der Waals surface area contributed by atoms with Crippen molar-refractivity contribution in [2.75, 3.05) is 0 Å². The Hall–Kier alpha value is -2.08. The van der Waals surface area contributed by atoms with Crippen molar-refractivity contribution in [2.24, 2.45) is 0 Å². The zero-order valence-electron chi connectivity index (χ0n) is 13.0. The molecule has 0 saturated heterocycles. The van der Waals surface area contributed by atoms with Crippen LogP contribution < -0.4 is 4.72 Å². The van der Waals surface area contributed by atoms with Crippen LogP contribution in [0.1, 0.15) is 25.6 Å². The predicted molar refractivity (Wildman–Crippen MR) is 80.2 cm³/mol. The minimum atomic E-state index is -4.67. The maximum Gasteiger partial charge on any atom is 0.435 e. The van der Waals surface area contributed by atoms with Gasteiger partial charge in [0, 0.05) is 12.7 Å². The van der Waals surface area contributed by atoms with E-state index in [1.165, 1.54) is 11.6 Å². The van der Waals surface area contributed by atoms with Crippen LogP contribution in [0.15, 0.2) is 23.4 Å². The van der Waals surface area contributed by atoms with Crippen LogP contribution in [-0.2, 0) is 27.5 Å². The van der Waals surface area contributed by atoms with Crippen molar-refractivity contribution in [3.8, 4) is 0 Å². The summed E-state index contributed by atoms with van der Waals surface area (Å²) >= 11 is 5.87. The molecule has 0 radical (unpaired) electrons. The average molecular weight is 400 g/mol. The van der Waals surface area contributed by atoms with Gasteiger partial charge in [-0.3, -0.25) is 14.2 Å². The van der Waals surface area contributed by atoms with Gasteiger partial charge in [-0.25, -0.2) is 13.1 Å². The fourth-order valence-corrected chi connectivity index (χ4v) is 3.43.